The van der Waals surface area contributed by atoms with Gasteiger partial charge in [0.1, 0.15) is 0 Å². The molecule has 2 aliphatic rings. The van der Waals surface area contributed by atoms with E-state index in [2.05, 4.69) is 6.92 Å². The molecule has 2 heterocycles. The summed E-state index contributed by atoms with van der Waals surface area (Å²) in [6, 6.07) is 5.45. The van der Waals surface area contributed by atoms with Gasteiger partial charge in [0.15, 0.2) is 0 Å². The van der Waals surface area contributed by atoms with E-state index in [0.29, 0.717) is 24.7 Å². The SMILES string of the molecule is CC1CCCN(S(=O)(=O)N2c3ccc(N)cc3CC2C)C1. The monoisotopic (exact) mass is 309 g/mol. The van der Waals surface area contributed by atoms with Crippen LogP contribution in [0.3, 0.4) is 0 Å². The van der Waals surface area contributed by atoms with E-state index in [-0.39, 0.29) is 6.04 Å². The maximum Gasteiger partial charge on any atom is 0.304 e. The normalized spacial score (nSPS) is 26.9. The lowest BCUT2D eigenvalue weighted by Gasteiger charge is -2.35. The second-order valence-electron chi connectivity index (χ2n) is 6.35. The quantitative estimate of drug-likeness (QED) is 0.850. The predicted molar refractivity (Wildman–Crippen MR) is 85.4 cm³/mol. The molecule has 116 valence electrons. The molecule has 0 aromatic heterocycles. The highest BCUT2D eigenvalue weighted by molar-refractivity contribution is 7.90. The largest absolute Gasteiger partial charge is 0.399 e. The molecule has 2 aliphatic heterocycles. The van der Waals surface area contributed by atoms with Crippen LogP contribution in [-0.4, -0.2) is 31.9 Å². The summed E-state index contributed by atoms with van der Waals surface area (Å²) >= 11 is 0. The Morgan fingerprint density at radius 1 is 1.29 bits per heavy atom. The topological polar surface area (TPSA) is 66.6 Å². The summed E-state index contributed by atoms with van der Waals surface area (Å²) in [6.45, 7) is 5.32. The number of nitrogens with zero attached hydrogens (tertiary/aromatic N) is 2. The molecule has 1 fully saturated rings. The number of rotatable bonds is 2. The van der Waals surface area contributed by atoms with Crippen molar-refractivity contribution >= 4 is 21.6 Å². The van der Waals surface area contributed by atoms with Crippen LogP contribution in [0.25, 0.3) is 0 Å². The number of hydrogen-bond acceptors (Lipinski definition) is 3. The molecule has 2 unspecified atom stereocenters. The molecule has 3 rings (SSSR count). The van der Waals surface area contributed by atoms with Crippen molar-refractivity contribution in [2.45, 2.75) is 39.2 Å². The first-order chi connectivity index (χ1) is 9.89. The van der Waals surface area contributed by atoms with Gasteiger partial charge in [0.2, 0.25) is 0 Å². The van der Waals surface area contributed by atoms with Crippen molar-refractivity contribution in [3.63, 3.8) is 0 Å². The second-order valence-corrected chi connectivity index (χ2v) is 8.16. The highest BCUT2D eigenvalue weighted by Crippen LogP contribution is 2.37. The number of piperidine rings is 1. The molecule has 2 atom stereocenters. The molecule has 2 N–H and O–H groups in total. The van der Waals surface area contributed by atoms with Gasteiger partial charge in [-0.15, -0.1) is 0 Å². The highest BCUT2D eigenvalue weighted by atomic mass is 32.2. The fraction of sp³-hybridized carbons (Fsp3) is 0.600. The summed E-state index contributed by atoms with van der Waals surface area (Å²) in [4.78, 5) is 0. The van der Waals surface area contributed by atoms with Crippen molar-refractivity contribution in [2.75, 3.05) is 23.1 Å². The Hall–Kier alpha value is -1.27. The first-order valence-corrected chi connectivity index (χ1v) is 8.97. The van der Waals surface area contributed by atoms with E-state index < -0.39 is 10.2 Å². The lowest BCUT2D eigenvalue weighted by molar-refractivity contribution is 0.280. The van der Waals surface area contributed by atoms with Crippen LogP contribution in [0.1, 0.15) is 32.3 Å². The lowest BCUT2D eigenvalue weighted by Crippen LogP contribution is -2.49. The number of benzene rings is 1. The fourth-order valence-electron chi connectivity index (χ4n) is 3.45. The van der Waals surface area contributed by atoms with E-state index in [4.69, 9.17) is 5.73 Å². The van der Waals surface area contributed by atoms with E-state index >= 15 is 0 Å². The Morgan fingerprint density at radius 2 is 2.05 bits per heavy atom. The van der Waals surface area contributed by atoms with Gasteiger partial charge in [0, 0.05) is 24.8 Å². The van der Waals surface area contributed by atoms with E-state index in [9.17, 15) is 8.42 Å². The third-order valence-electron chi connectivity index (χ3n) is 4.45. The number of fused-ring (bicyclic) bond motifs is 1. The number of anilines is 2. The Balaban J connectivity index is 1.96. The molecular weight excluding hydrogens is 286 g/mol. The van der Waals surface area contributed by atoms with Crippen LogP contribution in [0.15, 0.2) is 18.2 Å². The molecule has 1 aromatic carbocycles. The van der Waals surface area contributed by atoms with Crippen LogP contribution >= 0.6 is 0 Å². The van der Waals surface area contributed by atoms with E-state index in [1.807, 2.05) is 19.1 Å². The van der Waals surface area contributed by atoms with E-state index in [0.717, 1.165) is 30.5 Å². The Morgan fingerprint density at radius 3 is 2.76 bits per heavy atom. The average molecular weight is 309 g/mol. The summed E-state index contributed by atoms with van der Waals surface area (Å²) in [7, 11) is -3.44. The van der Waals surface area contributed by atoms with Crippen LogP contribution in [-0.2, 0) is 16.6 Å². The third-order valence-corrected chi connectivity index (χ3v) is 6.49. The molecule has 0 bridgehead atoms. The van der Waals surface area contributed by atoms with Gasteiger partial charge in [-0.25, -0.2) is 0 Å². The number of nitrogen functional groups attached to an aromatic ring is 1. The van der Waals surface area contributed by atoms with Crippen molar-refractivity contribution in [2.24, 2.45) is 5.92 Å². The molecule has 0 aliphatic carbocycles. The molecule has 1 saturated heterocycles. The Kier molecular flexibility index (Phi) is 3.61. The van der Waals surface area contributed by atoms with Crippen molar-refractivity contribution in [1.29, 1.82) is 0 Å². The number of hydrogen-bond donors (Lipinski definition) is 1. The van der Waals surface area contributed by atoms with Crippen LogP contribution in [0.2, 0.25) is 0 Å². The van der Waals surface area contributed by atoms with E-state index in [1.165, 1.54) is 0 Å². The molecule has 0 amide bonds. The predicted octanol–water partition coefficient (Wildman–Crippen LogP) is 2.00. The van der Waals surface area contributed by atoms with Gasteiger partial charge < -0.3 is 5.73 Å². The zero-order chi connectivity index (χ0) is 15.2. The van der Waals surface area contributed by atoms with Gasteiger partial charge in [0.25, 0.3) is 0 Å². The fourth-order valence-corrected chi connectivity index (χ4v) is 5.46. The van der Waals surface area contributed by atoms with Crippen LogP contribution in [0.4, 0.5) is 11.4 Å². The van der Waals surface area contributed by atoms with E-state index in [1.54, 1.807) is 14.7 Å². The van der Waals surface area contributed by atoms with Crippen LogP contribution in [0, 0.1) is 5.92 Å². The second kappa shape index (κ2) is 5.18. The summed E-state index contributed by atoms with van der Waals surface area (Å²) in [5.41, 5.74) is 8.31. The summed E-state index contributed by atoms with van der Waals surface area (Å²) < 4.78 is 29.2. The smallest absolute Gasteiger partial charge is 0.304 e. The van der Waals surface area contributed by atoms with Crippen molar-refractivity contribution in [1.82, 2.24) is 4.31 Å². The molecule has 6 heteroatoms. The molecule has 5 nitrogen and oxygen atoms in total. The lowest BCUT2D eigenvalue weighted by atomic mass is 10.0. The summed E-state index contributed by atoms with van der Waals surface area (Å²) in [5, 5.41) is 0. The van der Waals surface area contributed by atoms with Gasteiger partial charge in [-0.05, 0) is 55.9 Å². The zero-order valence-electron chi connectivity index (χ0n) is 12.6. The third kappa shape index (κ3) is 2.51. The Labute approximate surface area is 126 Å². The molecular formula is C15H23N3O2S. The minimum Gasteiger partial charge on any atom is -0.399 e. The summed E-state index contributed by atoms with van der Waals surface area (Å²) in [5.74, 6) is 0.428. The zero-order valence-corrected chi connectivity index (χ0v) is 13.4. The number of nitrogens with two attached hydrogens (primary N) is 1. The van der Waals surface area contributed by atoms with Crippen LogP contribution in [0.5, 0.6) is 0 Å². The first kappa shape index (κ1) is 14.7. The van der Waals surface area contributed by atoms with Gasteiger partial charge in [0.05, 0.1) is 5.69 Å². The molecule has 1 aromatic rings. The average Bonchev–Trinajstić information content (AvgIpc) is 2.74. The Bertz CT molecular complexity index is 644. The molecule has 0 saturated carbocycles. The minimum atomic E-state index is -3.44. The first-order valence-electron chi connectivity index (χ1n) is 7.57. The van der Waals surface area contributed by atoms with Crippen LogP contribution < -0.4 is 10.0 Å². The molecule has 21 heavy (non-hydrogen) atoms. The standard InChI is InChI=1S/C15H23N3O2S/c1-11-4-3-7-17(10-11)21(19,20)18-12(2)8-13-9-14(16)5-6-15(13)18/h5-6,9,11-12H,3-4,7-8,10,16H2,1-2H3. The van der Waals surface area contributed by atoms with Gasteiger partial charge >= 0.3 is 10.2 Å². The maximum absolute atomic E-state index is 13.0. The van der Waals surface area contributed by atoms with Gasteiger partial charge in [-0.2, -0.15) is 12.7 Å². The van der Waals surface area contributed by atoms with Crippen molar-refractivity contribution in [3.05, 3.63) is 23.8 Å². The maximum atomic E-state index is 13.0. The minimum absolute atomic E-state index is 0.0518. The van der Waals surface area contributed by atoms with Gasteiger partial charge in [-0.1, -0.05) is 6.92 Å². The summed E-state index contributed by atoms with van der Waals surface area (Å²) in [6.07, 6.45) is 2.77. The molecule has 0 radical (unpaired) electrons. The van der Waals surface area contributed by atoms with Gasteiger partial charge in [-0.3, -0.25) is 4.31 Å². The molecule has 0 spiro atoms. The van der Waals surface area contributed by atoms with Crippen molar-refractivity contribution < 1.29 is 8.42 Å². The van der Waals surface area contributed by atoms with Crippen molar-refractivity contribution in [3.8, 4) is 0 Å². The highest BCUT2D eigenvalue weighted by Gasteiger charge is 2.39.